The van der Waals surface area contributed by atoms with Crippen LogP contribution in [-0.2, 0) is 4.79 Å². The maximum atomic E-state index is 13.1. The molecule has 1 fully saturated rings. The van der Waals surface area contributed by atoms with Gasteiger partial charge in [-0.3, -0.25) is 14.6 Å². The van der Waals surface area contributed by atoms with Crippen LogP contribution in [0.4, 0.5) is 11.4 Å². The van der Waals surface area contributed by atoms with Gasteiger partial charge in [0.2, 0.25) is 0 Å². The lowest BCUT2D eigenvalue weighted by Gasteiger charge is -2.33. The largest absolute Gasteiger partial charge is 0.293 e. The van der Waals surface area contributed by atoms with Crippen LogP contribution in [0.25, 0.3) is 0 Å². The SMILES string of the molecule is C[C@@H]1CCCN(CN2C(=O)C(=Nc3ccc(Cl)cc3)c3ccccc32)C1. The summed E-state index contributed by atoms with van der Waals surface area (Å²) in [6.45, 7) is 4.98. The second-order valence-electron chi connectivity index (χ2n) is 7.15. The zero-order chi connectivity index (χ0) is 18.1. The van der Waals surface area contributed by atoms with E-state index >= 15 is 0 Å². The van der Waals surface area contributed by atoms with Crippen LogP contribution < -0.4 is 4.90 Å². The van der Waals surface area contributed by atoms with Crippen molar-refractivity contribution in [2.24, 2.45) is 10.9 Å². The van der Waals surface area contributed by atoms with Crippen molar-refractivity contribution in [2.45, 2.75) is 19.8 Å². The van der Waals surface area contributed by atoms with Gasteiger partial charge in [0.25, 0.3) is 5.91 Å². The molecular formula is C21H22ClN3O. The quantitative estimate of drug-likeness (QED) is 0.800. The Kier molecular flexibility index (Phi) is 4.79. The van der Waals surface area contributed by atoms with E-state index in [1.165, 1.54) is 12.8 Å². The smallest absolute Gasteiger partial charge is 0.278 e. The fourth-order valence-electron chi connectivity index (χ4n) is 3.77. The van der Waals surface area contributed by atoms with Crippen molar-refractivity contribution < 1.29 is 4.79 Å². The summed E-state index contributed by atoms with van der Waals surface area (Å²) in [5.41, 5.74) is 3.09. The Morgan fingerprint density at radius 1 is 1.15 bits per heavy atom. The van der Waals surface area contributed by atoms with E-state index in [1.807, 2.05) is 41.3 Å². The second-order valence-corrected chi connectivity index (χ2v) is 7.59. The van der Waals surface area contributed by atoms with E-state index < -0.39 is 0 Å². The van der Waals surface area contributed by atoms with E-state index in [4.69, 9.17) is 11.6 Å². The lowest BCUT2D eigenvalue weighted by atomic mass is 10.0. The van der Waals surface area contributed by atoms with E-state index in [9.17, 15) is 4.79 Å². The molecule has 1 amide bonds. The highest BCUT2D eigenvalue weighted by Crippen LogP contribution is 2.31. The van der Waals surface area contributed by atoms with E-state index in [0.29, 0.717) is 23.3 Å². The highest BCUT2D eigenvalue weighted by molar-refractivity contribution is 6.54. The van der Waals surface area contributed by atoms with Gasteiger partial charge in [-0.2, -0.15) is 0 Å². The number of likely N-dealkylation sites (tertiary alicyclic amines) is 1. The number of benzene rings is 2. The van der Waals surface area contributed by atoms with E-state index in [-0.39, 0.29) is 5.91 Å². The molecule has 4 rings (SSSR count). The number of piperidine rings is 1. The average molecular weight is 368 g/mol. The van der Waals surface area contributed by atoms with Crippen molar-refractivity contribution in [3.05, 3.63) is 59.1 Å². The first kappa shape index (κ1) is 17.3. The Bertz CT molecular complexity index is 847. The number of carbonyl (C=O) groups is 1. The van der Waals surface area contributed by atoms with Crippen LogP contribution in [0.15, 0.2) is 53.5 Å². The third kappa shape index (κ3) is 3.39. The predicted molar refractivity (Wildman–Crippen MR) is 106 cm³/mol. The van der Waals surface area contributed by atoms with Crippen LogP contribution in [0.2, 0.25) is 5.02 Å². The number of anilines is 1. The normalized spacial score (nSPS) is 22.1. The van der Waals surface area contributed by atoms with Crippen LogP contribution in [0.3, 0.4) is 0 Å². The highest BCUT2D eigenvalue weighted by atomic mass is 35.5. The third-order valence-electron chi connectivity index (χ3n) is 5.05. The number of hydrogen-bond acceptors (Lipinski definition) is 3. The summed E-state index contributed by atoms with van der Waals surface area (Å²) in [4.78, 5) is 22.0. The number of fused-ring (bicyclic) bond motifs is 1. The van der Waals surface area contributed by atoms with E-state index in [2.05, 4.69) is 16.8 Å². The monoisotopic (exact) mass is 367 g/mol. The van der Waals surface area contributed by atoms with Crippen molar-refractivity contribution in [3.8, 4) is 0 Å². The molecule has 0 spiro atoms. The van der Waals surface area contributed by atoms with Crippen molar-refractivity contribution in [1.29, 1.82) is 0 Å². The van der Waals surface area contributed by atoms with Crippen molar-refractivity contribution in [2.75, 3.05) is 24.7 Å². The molecule has 0 N–H and O–H groups in total. The number of para-hydroxylation sites is 1. The Labute approximate surface area is 159 Å². The van der Waals surface area contributed by atoms with Crippen LogP contribution in [-0.4, -0.2) is 36.3 Å². The van der Waals surface area contributed by atoms with Crippen LogP contribution in [0, 0.1) is 5.92 Å². The summed E-state index contributed by atoms with van der Waals surface area (Å²) < 4.78 is 0. The molecular weight excluding hydrogens is 346 g/mol. The summed E-state index contributed by atoms with van der Waals surface area (Å²) in [6.07, 6.45) is 2.46. The molecule has 0 saturated carbocycles. The molecule has 1 atom stereocenters. The third-order valence-corrected chi connectivity index (χ3v) is 5.30. The number of hydrogen-bond donors (Lipinski definition) is 0. The molecule has 2 aromatic rings. The summed E-state index contributed by atoms with van der Waals surface area (Å²) in [6, 6.07) is 15.2. The number of rotatable bonds is 3. The minimum absolute atomic E-state index is 0.0284. The number of halogens is 1. The number of aliphatic imine (C=N–C) groups is 1. The fraction of sp³-hybridized carbons (Fsp3) is 0.333. The maximum absolute atomic E-state index is 13.1. The molecule has 5 heteroatoms. The minimum atomic E-state index is -0.0284. The maximum Gasteiger partial charge on any atom is 0.278 e. The first-order valence-corrected chi connectivity index (χ1v) is 9.47. The molecule has 2 aliphatic heterocycles. The predicted octanol–water partition coefficient (Wildman–Crippen LogP) is 4.50. The summed E-state index contributed by atoms with van der Waals surface area (Å²) in [5, 5.41) is 0.660. The molecule has 2 heterocycles. The number of carbonyl (C=O) groups excluding carboxylic acids is 1. The van der Waals surface area contributed by atoms with Gasteiger partial charge in [-0.15, -0.1) is 0 Å². The van der Waals surface area contributed by atoms with Crippen molar-refractivity contribution in [3.63, 3.8) is 0 Å². The number of nitrogens with zero attached hydrogens (tertiary/aromatic N) is 3. The summed E-state index contributed by atoms with van der Waals surface area (Å²) in [5.74, 6) is 0.651. The molecule has 0 bridgehead atoms. The Morgan fingerprint density at radius 2 is 1.92 bits per heavy atom. The van der Waals surface area contributed by atoms with Gasteiger partial charge < -0.3 is 0 Å². The molecule has 4 nitrogen and oxygen atoms in total. The van der Waals surface area contributed by atoms with Crippen LogP contribution in [0.1, 0.15) is 25.3 Å². The molecule has 0 aromatic heterocycles. The Balaban J connectivity index is 1.65. The average Bonchev–Trinajstić information content (AvgIpc) is 2.90. The molecule has 0 radical (unpaired) electrons. The number of amides is 1. The fourth-order valence-corrected chi connectivity index (χ4v) is 3.90. The second kappa shape index (κ2) is 7.22. The molecule has 0 unspecified atom stereocenters. The van der Waals surface area contributed by atoms with Gasteiger partial charge in [0.05, 0.1) is 18.0 Å². The topological polar surface area (TPSA) is 35.9 Å². The Morgan fingerprint density at radius 3 is 2.69 bits per heavy atom. The lowest BCUT2D eigenvalue weighted by molar-refractivity contribution is -0.112. The molecule has 134 valence electrons. The van der Waals surface area contributed by atoms with Gasteiger partial charge in [-0.1, -0.05) is 36.7 Å². The highest BCUT2D eigenvalue weighted by Gasteiger charge is 2.35. The minimum Gasteiger partial charge on any atom is -0.293 e. The van der Waals surface area contributed by atoms with E-state index in [1.54, 1.807) is 12.1 Å². The molecule has 26 heavy (non-hydrogen) atoms. The van der Waals surface area contributed by atoms with Gasteiger partial charge in [0.15, 0.2) is 0 Å². The van der Waals surface area contributed by atoms with Crippen molar-refractivity contribution >= 4 is 34.6 Å². The first-order valence-electron chi connectivity index (χ1n) is 9.10. The summed E-state index contributed by atoms with van der Waals surface area (Å²) >= 11 is 5.95. The van der Waals surface area contributed by atoms with Crippen LogP contribution >= 0.6 is 11.6 Å². The van der Waals surface area contributed by atoms with Gasteiger partial charge in [-0.05, 0) is 55.6 Å². The lowest BCUT2D eigenvalue weighted by Crippen LogP contribution is -2.45. The molecule has 1 saturated heterocycles. The Hall–Kier alpha value is -2.17. The molecule has 0 aliphatic carbocycles. The molecule has 2 aromatic carbocycles. The first-order chi connectivity index (χ1) is 12.6. The van der Waals surface area contributed by atoms with Gasteiger partial charge in [0.1, 0.15) is 5.71 Å². The van der Waals surface area contributed by atoms with Crippen molar-refractivity contribution in [1.82, 2.24) is 4.90 Å². The zero-order valence-electron chi connectivity index (χ0n) is 14.9. The van der Waals surface area contributed by atoms with Crippen LogP contribution in [0.5, 0.6) is 0 Å². The van der Waals surface area contributed by atoms with Gasteiger partial charge in [0, 0.05) is 17.1 Å². The molecule has 2 aliphatic rings. The summed E-state index contributed by atoms with van der Waals surface area (Å²) in [7, 11) is 0. The van der Waals surface area contributed by atoms with Gasteiger partial charge >= 0.3 is 0 Å². The van der Waals surface area contributed by atoms with Gasteiger partial charge in [-0.25, -0.2) is 4.99 Å². The zero-order valence-corrected chi connectivity index (χ0v) is 15.6. The van der Waals surface area contributed by atoms with E-state index in [0.717, 1.165) is 30.0 Å². The standard InChI is InChI=1S/C21H22ClN3O/c1-15-5-4-12-24(13-15)14-25-19-7-3-2-6-18(19)20(21(25)26)23-17-10-8-16(22)9-11-17/h2-3,6-11,15H,4-5,12-14H2,1H3/t15-/m1/s1.